The second kappa shape index (κ2) is 5.67. The molecule has 1 amide bonds. The van der Waals surface area contributed by atoms with Crippen molar-refractivity contribution in [1.29, 1.82) is 0 Å². The van der Waals surface area contributed by atoms with Crippen LogP contribution < -0.4 is 11.3 Å². The van der Waals surface area contributed by atoms with E-state index in [-0.39, 0.29) is 5.91 Å². The van der Waals surface area contributed by atoms with Crippen LogP contribution in [0.5, 0.6) is 0 Å². The van der Waals surface area contributed by atoms with Crippen molar-refractivity contribution in [2.45, 2.75) is 6.54 Å². The number of carbonyl (C=O) groups is 1. The maximum absolute atomic E-state index is 11.4. The van der Waals surface area contributed by atoms with Gasteiger partial charge in [-0.15, -0.1) is 0 Å². The first-order valence-corrected chi connectivity index (χ1v) is 7.17. The Balaban J connectivity index is 1.90. The highest BCUT2D eigenvalue weighted by Crippen LogP contribution is 2.26. The van der Waals surface area contributed by atoms with Crippen LogP contribution in [0.3, 0.4) is 0 Å². The number of hydrogen-bond acceptors (Lipinski definition) is 3. The Morgan fingerprint density at radius 1 is 1.29 bits per heavy atom. The van der Waals surface area contributed by atoms with Crippen LogP contribution in [0.4, 0.5) is 0 Å². The van der Waals surface area contributed by atoms with Gasteiger partial charge in [-0.2, -0.15) is 0 Å². The van der Waals surface area contributed by atoms with Crippen molar-refractivity contribution in [2.75, 3.05) is 0 Å². The summed E-state index contributed by atoms with van der Waals surface area (Å²) in [7, 11) is 0. The van der Waals surface area contributed by atoms with E-state index in [1.165, 1.54) is 6.20 Å². The highest BCUT2D eigenvalue weighted by molar-refractivity contribution is 9.10. The van der Waals surface area contributed by atoms with E-state index in [0.717, 1.165) is 21.1 Å². The summed E-state index contributed by atoms with van der Waals surface area (Å²) in [5, 5.41) is 1.16. The summed E-state index contributed by atoms with van der Waals surface area (Å²) in [6.07, 6.45) is 3.56. The SMILES string of the molecule is NNC(=O)c1ccc(Cn2cc(Br)c3ccccc32)nc1. The van der Waals surface area contributed by atoms with Gasteiger partial charge >= 0.3 is 0 Å². The molecule has 5 nitrogen and oxygen atoms in total. The van der Waals surface area contributed by atoms with E-state index in [0.29, 0.717) is 12.1 Å². The van der Waals surface area contributed by atoms with E-state index in [9.17, 15) is 4.79 Å². The molecular weight excluding hydrogens is 332 g/mol. The summed E-state index contributed by atoms with van der Waals surface area (Å²) in [6, 6.07) is 11.7. The first kappa shape index (κ1) is 13.8. The second-order valence-electron chi connectivity index (χ2n) is 4.63. The van der Waals surface area contributed by atoms with Gasteiger partial charge in [-0.25, -0.2) is 5.84 Å². The molecule has 0 atom stereocenters. The van der Waals surface area contributed by atoms with Crippen molar-refractivity contribution in [3.05, 3.63) is 64.5 Å². The lowest BCUT2D eigenvalue weighted by Gasteiger charge is -2.06. The summed E-state index contributed by atoms with van der Waals surface area (Å²) in [5.41, 5.74) is 4.54. The summed E-state index contributed by atoms with van der Waals surface area (Å²) in [5.74, 6) is 4.75. The predicted octanol–water partition coefficient (Wildman–Crippen LogP) is 2.45. The Kier molecular flexibility index (Phi) is 3.72. The number of nitrogen functional groups attached to an aromatic ring is 1. The molecule has 0 aliphatic heterocycles. The maximum Gasteiger partial charge on any atom is 0.266 e. The number of fused-ring (bicyclic) bond motifs is 1. The van der Waals surface area contributed by atoms with E-state index >= 15 is 0 Å². The van der Waals surface area contributed by atoms with Gasteiger partial charge in [0.05, 0.1) is 17.8 Å². The Labute approximate surface area is 129 Å². The molecule has 1 aromatic carbocycles. The Bertz CT molecular complexity index is 795. The van der Waals surface area contributed by atoms with Gasteiger partial charge in [0.2, 0.25) is 0 Å². The third-order valence-electron chi connectivity index (χ3n) is 3.29. The molecule has 2 heterocycles. The topological polar surface area (TPSA) is 72.9 Å². The number of pyridine rings is 1. The number of nitrogens with one attached hydrogen (secondary N) is 1. The minimum atomic E-state index is -0.344. The van der Waals surface area contributed by atoms with Gasteiger partial charge in [0.25, 0.3) is 5.91 Å². The van der Waals surface area contributed by atoms with E-state index in [1.807, 2.05) is 24.4 Å². The van der Waals surface area contributed by atoms with E-state index in [1.54, 1.807) is 6.07 Å². The van der Waals surface area contributed by atoms with Crippen LogP contribution in [0.2, 0.25) is 0 Å². The van der Waals surface area contributed by atoms with Gasteiger partial charge in [-0.1, -0.05) is 18.2 Å². The van der Waals surface area contributed by atoms with Crippen molar-refractivity contribution >= 4 is 32.7 Å². The third-order valence-corrected chi connectivity index (χ3v) is 3.92. The molecule has 106 valence electrons. The minimum absolute atomic E-state index is 0.344. The molecule has 0 spiro atoms. The number of hydrogen-bond donors (Lipinski definition) is 2. The van der Waals surface area contributed by atoms with Crippen LogP contribution >= 0.6 is 15.9 Å². The lowest BCUT2D eigenvalue weighted by atomic mass is 10.2. The number of carbonyl (C=O) groups excluding carboxylic acids is 1. The predicted molar refractivity (Wildman–Crippen MR) is 84.6 cm³/mol. The third kappa shape index (κ3) is 2.68. The zero-order valence-corrected chi connectivity index (χ0v) is 12.7. The number of benzene rings is 1. The van der Waals surface area contributed by atoms with Crippen molar-refractivity contribution < 1.29 is 4.79 Å². The number of aromatic nitrogens is 2. The van der Waals surface area contributed by atoms with Crippen LogP contribution in [0.25, 0.3) is 10.9 Å². The number of amides is 1. The molecule has 0 saturated heterocycles. The molecule has 3 aromatic rings. The summed E-state index contributed by atoms with van der Waals surface area (Å²) in [4.78, 5) is 15.7. The fraction of sp³-hybridized carbons (Fsp3) is 0.0667. The molecule has 0 bridgehead atoms. The van der Waals surface area contributed by atoms with Crippen LogP contribution in [0.15, 0.2) is 53.3 Å². The maximum atomic E-state index is 11.4. The molecule has 3 rings (SSSR count). The number of para-hydroxylation sites is 1. The van der Waals surface area contributed by atoms with Gasteiger partial charge in [0.1, 0.15) is 0 Å². The molecule has 0 aliphatic carbocycles. The van der Waals surface area contributed by atoms with Gasteiger partial charge in [0.15, 0.2) is 0 Å². The summed E-state index contributed by atoms with van der Waals surface area (Å²) in [6.45, 7) is 0.636. The van der Waals surface area contributed by atoms with Gasteiger partial charge in [-0.05, 0) is 34.1 Å². The quantitative estimate of drug-likeness (QED) is 0.435. The summed E-state index contributed by atoms with van der Waals surface area (Å²) < 4.78 is 3.17. The molecular formula is C15H13BrN4O. The average Bonchev–Trinajstić information content (AvgIpc) is 2.84. The van der Waals surface area contributed by atoms with Crippen LogP contribution in [0.1, 0.15) is 16.1 Å². The zero-order valence-electron chi connectivity index (χ0n) is 11.1. The second-order valence-corrected chi connectivity index (χ2v) is 5.49. The van der Waals surface area contributed by atoms with Crippen molar-refractivity contribution in [2.24, 2.45) is 5.84 Å². The minimum Gasteiger partial charge on any atom is -0.340 e. The molecule has 0 fully saturated rings. The van der Waals surface area contributed by atoms with Gasteiger partial charge in [-0.3, -0.25) is 15.2 Å². The van der Waals surface area contributed by atoms with Crippen molar-refractivity contribution in [1.82, 2.24) is 15.0 Å². The van der Waals surface area contributed by atoms with Gasteiger partial charge < -0.3 is 4.57 Å². The van der Waals surface area contributed by atoms with E-state index < -0.39 is 0 Å². The molecule has 21 heavy (non-hydrogen) atoms. The van der Waals surface area contributed by atoms with Gasteiger partial charge in [0, 0.05) is 27.8 Å². The first-order valence-electron chi connectivity index (χ1n) is 6.38. The monoisotopic (exact) mass is 344 g/mol. The Morgan fingerprint density at radius 2 is 2.10 bits per heavy atom. The Morgan fingerprint density at radius 3 is 2.81 bits per heavy atom. The average molecular weight is 345 g/mol. The summed E-state index contributed by atoms with van der Waals surface area (Å²) >= 11 is 3.56. The van der Waals surface area contributed by atoms with E-state index in [4.69, 9.17) is 5.84 Å². The molecule has 0 radical (unpaired) electrons. The van der Waals surface area contributed by atoms with Crippen molar-refractivity contribution in [3.8, 4) is 0 Å². The molecule has 2 aromatic heterocycles. The fourth-order valence-electron chi connectivity index (χ4n) is 2.24. The number of rotatable bonds is 3. The molecule has 0 unspecified atom stereocenters. The Hall–Kier alpha value is -2.18. The molecule has 0 aliphatic rings. The zero-order chi connectivity index (χ0) is 14.8. The number of nitrogens with two attached hydrogens (primary N) is 1. The number of hydrazine groups is 1. The van der Waals surface area contributed by atoms with Crippen LogP contribution in [-0.4, -0.2) is 15.5 Å². The number of halogens is 1. The highest BCUT2D eigenvalue weighted by Gasteiger charge is 2.08. The lowest BCUT2D eigenvalue weighted by molar-refractivity contribution is 0.0953. The van der Waals surface area contributed by atoms with Crippen LogP contribution in [-0.2, 0) is 6.54 Å². The molecule has 3 N–H and O–H groups in total. The lowest BCUT2D eigenvalue weighted by Crippen LogP contribution is -2.30. The standard InChI is InChI=1S/C15H13BrN4O/c16-13-9-20(14-4-2-1-3-12(13)14)8-11-6-5-10(7-18-11)15(21)19-17/h1-7,9H,8,17H2,(H,19,21). The largest absolute Gasteiger partial charge is 0.340 e. The van der Waals surface area contributed by atoms with Crippen LogP contribution in [0, 0.1) is 0 Å². The number of nitrogens with zero attached hydrogens (tertiary/aromatic N) is 2. The normalized spacial score (nSPS) is 10.8. The van der Waals surface area contributed by atoms with Crippen molar-refractivity contribution in [3.63, 3.8) is 0 Å². The fourth-order valence-corrected chi connectivity index (χ4v) is 2.83. The highest BCUT2D eigenvalue weighted by atomic mass is 79.9. The molecule has 6 heteroatoms. The first-order chi connectivity index (χ1) is 10.2. The smallest absolute Gasteiger partial charge is 0.266 e. The molecule has 0 saturated carbocycles. The van der Waals surface area contributed by atoms with E-state index in [2.05, 4.69) is 43.0 Å².